The summed E-state index contributed by atoms with van der Waals surface area (Å²) < 4.78 is 37.9. The molecule has 0 spiro atoms. The van der Waals surface area contributed by atoms with Crippen LogP contribution in [-0.2, 0) is 12.6 Å². The molecule has 2 aromatic rings. The number of hydrogen-bond acceptors (Lipinski definition) is 2. The van der Waals surface area contributed by atoms with Crippen molar-refractivity contribution in [2.45, 2.75) is 19.5 Å². The Morgan fingerprint density at radius 3 is 2.53 bits per heavy atom. The number of aryl methyl sites for hydroxylation is 1. The van der Waals surface area contributed by atoms with Crippen molar-refractivity contribution < 1.29 is 23.1 Å². The molecule has 0 radical (unpaired) electrons. The van der Waals surface area contributed by atoms with E-state index in [1.54, 1.807) is 6.92 Å². The second-order valence-electron chi connectivity index (χ2n) is 4.05. The molecular formula is C13H10F3NO2. The van der Waals surface area contributed by atoms with Gasteiger partial charge in [-0.1, -0.05) is 6.92 Å². The van der Waals surface area contributed by atoms with Crippen molar-refractivity contribution >= 4 is 16.9 Å². The number of alkyl halides is 3. The first-order chi connectivity index (χ1) is 8.82. The monoisotopic (exact) mass is 269 g/mol. The zero-order valence-corrected chi connectivity index (χ0v) is 9.95. The lowest BCUT2D eigenvalue weighted by Gasteiger charge is -2.10. The summed E-state index contributed by atoms with van der Waals surface area (Å²) in [7, 11) is 0. The summed E-state index contributed by atoms with van der Waals surface area (Å²) in [5.41, 5.74) is -0.254. The number of carboxylic acid groups (broad SMARTS) is 1. The lowest BCUT2D eigenvalue weighted by molar-refractivity contribution is -0.137. The summed E-state index contributed by atoms with van der Waals surface area (Å²) in [5.74, 6) is -1.26. The van der Waals surface area contributed by atoms with Crippen LogP contribution in [0.2, 0.25) is 0 Å². The third-order valence-corrected chi connectivity index (χ3v) is 2.78. The molecule has 0 aliphatic rings. The molecule has 0 fully saturated rings. The first-order valence-corrected chi connectivity index (χ1v) is 5.57. The number of carbonyl (C=O) groups is 1. The Bertz CT molecular complexity index is 650. The zero-order chi connectivity index (χ0) is 14.2. The highest BCUT2D eigenvalue weighted by molar-refractivity contribution is 6.02. The highest BCUT2D eigenvalue weighted by Crippen LogP contribution is 2.32. The Kier molecular flexibility index (Phi) is 3.18. The maximum Gasteiger partial charge on any atom is 0.416 e. The minimum absolute atomic E-state index is 0.000440. The first kappa shape index (κ1) is 13.3. The number of fused-ring (bicyclic) bond motifs is 1. The summed E-state index contributed by atoms with van der Waals surface area (Å²) in [4.78, 5) is 15.3. The van der Waals surface area contributed by atoms with Gasteiger partial charge in [0.1, 0.15) is 0 Å². The van der Waals surface area contributed by atoms with Gasteiger partial charge < -0.3 is 5.11 Å². The predicted molar refractivity (Wildman–Crippen MR) is 63.1 cm³/mol. The molecule has 19 heavy (non-hydrogen) atoms. The molecule has 0 aliphatic heterocycles. The van der Waals surface area contributed by atoms with Gasteiger partial charge in [0.05, 0.1) is 16.6 Å². The number of halogens is 3. The number of pyridine rings is 1. The Morgan fingerprint density at radius 2 is 2.00 bits per heavy atom. The Hall–Kier alpha value is -2.11. The fraction of sp³-hybridized carbons (Fsp3) is 0.231. The number of hydrogen-bond donors (Lipinski definition) is 1. The van der Waals surface area contributed by atoms with Gasteiger partial charge in [0.25, 0.3) is 0 Å². The fourth-order valence-electron chi connectivity index (χ4n) is 1.82. The van der Waals surface area contributed by atoms with Crippen molar-refractivity contribution in [2.24, 2.45) is 0 Å². The van der Waals surface area contributed by atoms with Gasteiger partial charge in [-0.15, -0.1) is 0 Å². The summed E-state index contributed by atoms with van der Waals surface area (Å²) >= 11 is 0. The van der Waals surface area contributed by atoms with E-state index in [0.29, 0.717) is 12.1 Å². The molecule has 1 aromatic carbocycles. The molecule has 0 amide bonds. The molecule has 0 saturated carbocycles. The number of nitrogens with zero attached hydrogens (tertiary/aromatic N) is 1. The molecule has 0 atom stereocenters. The highest BCUT2D eigenvalue weighted by Gasteiger charge is 2.31. The average molecular weight is 269 g/mol. The average Bonchev–Trinajstić information content (AvgIpc) is 2.35. The minimum Gasteiger partial charge on any atom is -0.478 e. The van der Waals surface area contributed by atoms with E-state index in [4.69, 9.17) is 5.11 Å². The van der Waals surface area contributed by atoms with E-state index in [1.807, 2.05) is 0 Å². The van der Waals surface area contributed by atoms with Gasteiger partial charge in [-0.2, -0.15) is 13.2 Å². The van der Waals surface area contributed by atoms with Gasteiger partial charge in [0, 0.05) is 11.1 Å². The normalized spacial score (nSPS) is 11.8. The fourth-order valence-corrected chi connectivity index (χ4v) is 1.82. The smallest absolute Gasteiger partial charge is 0.416 e. The van der Waals surface area contributed by atoms with Crippen molar-refractivity contribution in [1.29, 1.82) is 0 Å². The van der Waals surface area contributed by atoms with Crippen molar-refractivity contribution in [1.82, 2.24) is 4.98 Å². The third-order valence-electron chi connectivity index (χ3n) is 2.78. The molecule has 1 aromatic heterocycles. The van der Waals surface area contributed by atoms with Crippen LogP contribution in [0.1, 0.15) is 28.5 Å². The van der Waals surface area contributed by atoms with E-state index in [-0.39, 0.29) is 16.5 Å². The standard InChI is InChI=1S/C13H10F3NO2/c1-2-8-6-10(12(18)19)9-5-7(13(14,15)16)3-4-11(9)17-8/h3-6H,2H2,1H3,(H,18,19). The molecule has 0 saturated heterocycles. The van der Waals surface area contributed by atoms with Crippen LogP contribution in [0.25, 0.3) is 10.9 Å². The number of aromatic nitrogens is 1. The third kappa shape index (κ3) is 2.52. The van der Waals surface area contributed by atoms with Crippen LogP contribution in [0.4, 0.5) is 13.2 Å². The lowest BCUT2D eigenvalue weighted by Crippen LogP contribution is -2.07. The van der Waals surface area contributed by atoms with Crippen LogP contribution < -0.4 is 0 Å². The lowest BCUT2D eigenvalue weighted by atomic mass is 10.0. The van der Waals surface area contributed by atoms with E-state index in [1.165, 1.54) is 12.1 Å². The van der Waals surface area contributed by atoms with Gasteiger partial charge in [0.15, 0.2) is 0 Å². The molecule has 0 bridgehead atoms. The van der Waals surface area contributed by atoms with Gasteiger partial charge in [-0.05, 0) is 30.7 Å². The number of rotatable bonds is 2. The molecule has 2 rings (SSSR count). The number of aromatic carboxylic acids is 1. The van der Waals surface area contributed by atoms with Crippen LogP contribution in [0.5, 0.6) is 0 Å². The van der Waals surface area contributed by atoms with E-state index < -0.39 is 17.7 Å². The van der Waals surface area contributed by atoms with Crippen LogP contribution in [0.3, 0.4) is 0 Å². The van der Waals surface area contributed by atoms with Crippen molar-refractivity contribution in [3.05, 3.63) is 41.1 Å². The van der Waals surface area contributed by atoms with Crippen molar-refractivity contribution in [3.63, 3.8) is 0 Å². The molecule has 3 nitrogen and oxygen atoms in total. The van der Waals surface area contributed by atoms with Crippen molar-refractivity contribution in [2.75, 3.05) is 0 Å². The zero-order valence-electron chi connectivity index (χ0n) is 9.95. The Labute approximate surface area is 106 Å². The molecule has 1 N–H and O–H groups in total. The maximum absolute atomic E-state index is 12.6. The number of benzene rings is 1. The van der Waals surface area contributed by atoms with Crippen LogP contribution in [0.15, 0.2) is 24.3 Å². The van der Waals surface area contributed by atoms with Gasteiger partial charge in [-0.25, -0.2) is 4.79 Å². The van der Waals surface area contributed by atoms with Gasteiger partial charge in [0.2, 0.25) is 0 Å². The van der Waals surface area contributed by atoms with E-state index in [9.17, 15) is 18.0 Å². The second-order valence-corrected chi connectivity index (χ2v) is 4.05. The predicted octanol–water partition coefficient (Wildman–Crippen LogP) is 3.51. The highest BCUT2D eigenvalue weighted by atomic mass is 19.4. The van der Waals surface area contributed by atoms with Crippen LogP contribution in [-0.4, -0.2) is 16.1 Å². The molecule has 6 heteroatoms. The molecule has 100 valence electrons. The number of carboxylic acids is 1. The maximum atomic E-state index is 12.6. The molecule has 0 aliphatic carbocycles. The SMILES string of the molecule is CCc1cc(C(=O)O)c2cc(C(F)(F)F)ccc2n1. The summed E-state index contributed by atoms with van der Waals surface area (Å²) in [6, 6.07) is 4.24. The quantitative estimate of drug-likeness (QED) is 0.907. The van der Waals surface area contributed by atoms with Gasteiger partial charge >= 0.3 is 12.1 Å². The van der Waals surface area contributed by atoms with E-state index in [0.717, 1.165) is 12.1 Å². The van der Waals surface area contributed by atoms with E-state index >= 15 is 0 Å². The Morgan fingerprint density at radius 1 is 1.32 bits per heavy atom. The molecule has 1 heterocycles. The summed E-state index contributed by atoms with van der Waals surface area (Å²) in [6.45, 7) is 1.80. The molecular weight excluding hydrogens is 259 g/mol. The topological polar surface area (TPSA) is 50.2 Å². The van der Waals surface area contributed by atoms with Crippen LogP contribution in [0, 0.1) is 0 Å². The van der Waals surface area contributed by atoms with Crippen LogP contribution >= 0.6 is 0 Å². The van der Waals surface area contributed by atoms with E-state index in [2.05, 4.69) is 4.98 Å². The Balaban J connectivity index is 2.77. The first-order valence-electron chi connectivity index (χ1n) is 5.57. The minimum atomic E-state index is -4.51. The summed E-state index contributed by atoms with van der Waals surface area (Å²) in [6.07, 6.45) is -4.00. The van der Waals surface area contributed by atoms with Crippen molar-refractivity contribution in [3.8, 4) is 0 Å². The largest absolute Gasteiger partial charge is 0.478 e. The summed E-state index contributed by atoms with van der Waals surface area (Å²) in [5, 5.41) is 9.09. The molecule has 0 unspecified atom stereocenters. The van der Waals surface area contributed by atoms with Gasteiger partial charge in [-0.3, -0.25) is 4.98 Å². The second kappa shape index (κ2) is 4.53.